The van der Waals surface area contributed by atoms with E-state index in [1.165, 1.54) is 18.2 Å². The standard InChI is InChI=1S/C20H21ClFN3O3/c1-10(2)23-20(28)18(26)16-11(3)17(25-8-4-5-15(16)25)19(27)24-12-6-7-14(22)13(21)9-12/h6-7,9-10H,4-5,8H2,1-3H3,(H,23,28)(H,24,27). The topological polar surface area (TPSA) is 80.2 Å². The molecule has 0 radical (unpaired) electrons. The largest absolute Gasteiger partial charge is 0.347 e. The molecule has 0 unspecified atom stereocenters. The van der Waals surface area contributed by atoms with Crippen LogP contribution in [0.2, 0.25) is 5.02 Å². The van der Waals surface area contributed by atoms with Gasteiger partial charge in [-0.05, 0) is 57.4 Å². The number of halogens is 2. The molecule has 6 nitrogen and oxygen atoms in total. The number of hydrogen-bond acceptors (Lipinski definition) is 3. The number of fused-ring (bicyclic) bond motifs is 1. The minimum Gasteiger partial charge on any atom is -0.347 e. The number of ketones is 1. The molecule has 0 spiro atoms. The molecule has 3 rings (SSSR count). The summed E-state index contributed by atoms with van der Waals surface area (Å²) >= 11 is 5.77. The predicted molar refractivity (Wildman–Crippen MR) is 104 cm³/mol. The molecule has 2 heterocycles. The molecule has 0 aliphatic carbocycles. The Kier molecular flexibility index (Phi) is 5.56. The molecule has 0 saturated carbocycles. The molecule has 1 aliphatic heterocycles. The zero-order chi connectivity index (χ0) is 20.6. The van der Waals surface area contributed by atoms with Crippen LogP contribution < -0.4 is 10.6 Å². The van der Waals surface area contributed by atoms with Gasteiger partial charge in [-0.2, -0.15) is 0 Å². The van der Waals surface area contributed by atoms with Crippen molar-refractivity contribution >= 4 is 34.9 Å². The number of benzene rings is 1. The van der Waals surface area contributed by atoms with Crippen molar-refractivity contribution in [3.05, 3.63) is 51.6 Å². The van der Waals surface area contributed by atoms with Gasteiger partial charge in [-0.15, -0.1) is 0 Å². The maximum Gasteiger partial charge on any atom is 0.292 e. The van der Waals surface area contributed by atoms with Gasteiger partial charge in [-0.1, -0.05) is 11.6 Å². The van der Waals surface area contributed by atoms with Gasteiger partial charge in [0, 0.05) is 24.0 Å². The lowest BCUT2D eigenvalue weighted by Gasteiger charge is -2.10. The molecule has 8 heteroatoms. The molecule has 1 aromatic heterocycles. The van der Waals surface area contributed by atoms with Crippen molar-refractivity contribution in [3.8, 4) is 0 Å². The molecule has 0 saturated heterocycles. The fourth-order valence-electron chi connectivity index (χ4n) is 3.52. The molecule has 0 fully saturated rings. The quantitative estimate of drug-likeness (QED) is 0.590. The maximum atomic E-state index is 13.3. The van der Waals surface area contributed by atoms with E-state index >= 15 is 0 Å². The van der Waals surface area contributed by atoms with Crippen LogP contribution in [0.3, 0.4) is 0 Å². The highest BCUT2D eigenvalue weighted by molar-refractivity contribution is 6.43. The Hall–Kier alpha value is -2.67. The zero-order valence-electron chi connectivity index (χ0n) is 15.9. The third-order valence-electron chi connectivity index (χ3n) is 4.66. The Labute approximate surface area is 167 Å². The molecule has 1 aliphatic rings. The van der Waals surface area contributed by atoms with E-state index in [9.17, 15) is 18.8 Å². The first-order valence-corrected chi connectivity index (χ1v) is 9.42. The van der Waals surface area contributed by atoms with Gasteiger partial charge in [0.15, 0.2) is 0 Å². The lowest BCUT2D eigenvalue weighted by molar-refractivity contribution is -0.117. The van der Waals surface area contributed by atoms with Crippen LogP contribution >= 0.6 is 11.6 Å². The van der Waals surface area contributed by atoms with E-state index in [0.29, 0.717) is 35.6 Å². The number of carbonyl (C=O) groups is 3. The highest BCUT2D eigenvalue weighted by Gasteiger charge is 2.33. The van der Waals surface area contributed by atoms with Gasteiger partial charge in [0.2, 0.25) is 0 Å². The minimum absolute atomic E-state index is 0.101. The molecule has 28 heavy (non-hydrogen) atoms. The summed E-state index contributed by atoms with van der Waals surface area (Å²) in [5.74, 6) is -2.34. The van der Waals surface area contributed by atoms with Crippen molar-refractivity contribution in [2.75, 3.05) is 5.32 Å². The Bertz CT molecular complexity index is 982. The summed E-state index contributed by atoms with van der Waals surface area (Å²) in [6.07, 6.45) is 1.40. The summed E-state index contributed by atoms with van der Waals surface area (Å²) in [6.45, 7) is 5.79. The molecule has 0 atom stereocenters. The van der Waals surface area contributed by atoms with Crippen LogP contribution in [0, 0.1) is 12.7 Å². The van der Waals surface area contributed by atoms with E-state index in [0.717, 1.165) is 6.42 Å². The lowest BCUT2D eigenvalue weighted by Crippen LogP contribution is -2.36. The van der Waals surface area contributed by atoms with E-state index in [1.807, 2.05) is 0 Å². The molecular formula is C20H21ClFN3O3. The van der Waals surface area contributed by atoms with Crippen molar-refractivity contribution in [1.82, 2.24) is 9.88 Å². The van der Waals surface area contributed by atoms with Gasteiger partial charge in [0.25, 0.3) is 17.6 Å². The van der Waals surface area contributed by atoms with Crippen LogP contribution in [-0.2, 0) is 17.8 Å². The Morgan fingerprint density at radius 1 is 1.25 bits per heavy atom. The lowest BCUT2D eigenvalue weighted by atomic mass is 10.0. The SMILES string of the molecule is Cc1c(C(=O)C(=O)NC(C)C)c2n(c1C(=O)Nc1ccc(F)c(Cl)c1)CCC2. The summed E-state index contributed by atoms with van der Waals surface area (Å²) in [7, 11) is 0. The number of amides is 2. The summed E-state index contributed by atoms with van der Waals surface area (Å²) in [5, 5.41) is 5.19. The van der Waals surface area contributed by atoms with E-state index in [4.69, 9.17) is 11.6 Å². The Morgan fingerprint density at radius 3 is 2.61 bits per heavy atom. The van der Waals surface area contributed by atoms with Crippen LogP contribution in [0.5, 0.6) is 0 Å². The van der Waals surface area contributed by atoms with Crippen LogP contribution in [0.15, 0.2) is 18.2 Å². The van der Waals surface area contributed by atoms with Gasteiger partial charge in [-0.25, -0.2) is 4.39 Å². The van der Waals surface area contributed by atoms with E-state index in [1.54, 1.807) is 25.3 Å². The summed E-state index contributed by atoms with van der Waals surface area (Å²) < 4.78 is 15.1. The second-order valence-electron chi connectivity index (χ2n) is 7.09. The first kappa shape index (κ1) is 20.1. The van der Waals surface area contributed by atoms with Crippen LogP contribution in [0.25, 0.3) is 0 Å². The monoisotopic (exact) mass is 405 g/mol. The van der Waals surface area contributed by atoms with Crippen LogP contribution in [-0.4, -0.2) is 28.2 Å². The molecular weight excluding hydrogens is 385 g/mol. The van der Waals surface area contributed by atoms with Gasteiger partial charge >= 0.3 is 0 Å². The van der Waals surface area contributed by atoms with Crippen molar-refractivity contribution in [1.29, 1.82) is 0 Å². The second kappa shape index (κ2) is 7.75. The number of nitrogens with zero attached hydrogens (tertiary/aromatic N) is 1. The molecule has 2 N–H and O–H groups in total. The van der Waals surface area contributed by atoms with E-state index in [2.05, 4.69) is 10.6 Å². The average Bonchev–Trinajstić information content (AvgIpc) is 3.16. The number of nitrogens with one attached hydrogen (secondary N) is 2. The van der Waals surface area contributed by atoms with Crippen molar-refractivity contribution in [2.24, 2.45) is 0 Å². The number of hydrogen-bond donors (Lipinski definition) is 2. The van der Waals surface area contributed by atoms with Gasteiger partial charge in [0.1, 0.15) is 11.5 Å². The normalized spacial score (nSPS) is 12.8. The number of carbonyl (C=O) groups excluding carboxylic acids is 3. The second-order valence-corrected chi connectivity index (χ2v) is 7.50. The maximum absolute atomic E-state index is 13.3. The summed E-state index contributed by atoms with van der Waals surface area (Å²) in [4.78, 5) is 37.8. The average molecular weight is 406 g/mol. The van der Waals surface area contributed by atoms with Crippen molar-refractivity contribution in [2.45, 2.75) is 46.2 Å². The highest BCUT2D eigenvalue weighted by Crippen LogP contribution is 2.30. The molecule has 2 amide bonds. The smallest absolute Gasteiger partial charge is 0.292 e. The fourth-order valence-corrected chi connectivity index (χ4v) is 3.70. The Morgan fingerprint density at radius 2 is 1.96 bits per heavy atom. The first-order valence-electron chi connectivity index (χ1n) is 9.04. The number of anilines is 1. The van der Waals surface area contributed by atoms with Gasteiger partial charge < -0.3 is 15.2 Å². The fraction of sp³-hybridized carbons (Fsp3) is 0.350. The summed E-state index contributed by atoms with van der Waals surface area (Å²) in [5.41, 5.74) is 2.12. The van der Waals surface area contributed by atoms with Crippen LogP contribution in [0.1, 0.15) is 52.4 Å². The van der Waals surface area contributed by atoms with Gasteiger partial charge in [0.05, 0.1) is 10.6 Å². The first-order chi connectivity index (χ1) is 13.2. The number of Topliss-reactive ketones (excluding diaryl/α,β-unsaturated/α-hetero) is 1. The molecule has 2 aromatic rings. The van der Waals surface area contributed by atoms with Crippen LogP contribution in [0.4, 0.5) is 10.1 Å². The number of rotatable bonds is 5. The highest BCUT2D eigenvalue weighted by atomic mass is 35.5. The van der Waals surface area contributed by atoms with Crippen molar-refractivity contribution < 1.29 is 18.8 Å². The number of aromatic nitrogens is 1. The molecule has 1 aromatic carbocycles. The third-order valence-corrected chi connectivity index (χ3v) is 4.95. The molecule has 148 valence electrons. The third kappa shape index (κ3) is 3.67. The predicted octanol–water partition coefficient (Wildman–Crippen LogP) is 3.49. The minimum atomic E-state index is -0.685. The van der Waals surface area contributed by atoms with E-state index in [-0.39, 0.29) is 16.6 Å². The molecule has 0 bridgehead atoms. The van der Waals surface area contributed by atoms with E-state index < -0.39 is 23.4 Å². The van der Waals surface area contributed by atoms with Crippen molar-refractivity contribution in [3.63, 3.8) is 0 Å². The Balaban J connectivity index is 1.96. The zero-order valence-corrected chi connectivity index (χ0v) is 16.6. The summed E-state index contributed by atoms with van der Waals surface area (Å²) in [6, 6.07) is 3.72. The van der Waals surface area contributed by atoms with Gasteiger partial charge in [-0.3, -0.25) is 14.4 Å².